The number of piperidine rings is 1. The summed E-state index contributed by atoms with van der Waals surface area (Å²) in [4.78, 5) is 19.4. The number of hydrogen-bond acceptors (Lipinski definition) is 4. The lowest BCUT2D eigenvalue weighted by atomic mass is 10.0. The average Bonchev–Trinajstić information content (AvgIpc) is 3.37. The number of carbonyl (C=O) groups excluding carboxylic acids is 1. The molecule has 6 heteroatoms. The van der Waals surface area contributed by atoms with Crippen LogP contribution in [0.15, 0.2) is 0 Å². The summed E-state index contributed by atoms with van der Waals surface area (Å²) in [5.74, 6) is 0. The molecule has 2 amide bonds. The van der Waals surface area contributed by atoms with Crippen LogP contribution in [0.4, 0.5) is 4.79 Å². The third-order valence-electron chi connectivity index (χ3n) is 5.67. The monoisotopic (exact) mass is 338 g/mol. The Morgan fingerprint density at radius 1 is 1.21 bits per heavy atom. The van der Waals surface area contributed by atoms with Gasteiger partial charge >= 0.3 is 6.03 Å². The molecule has 1 aliphatic carbocycles. The number of aliphatic hydroxyl groups excluding tert-OH is 1. The molecule has 3 atom stereocenters. The highest BCUT2D eigenvalue weighted by atomic mass is 16.3. The Balaban J connectivity index is 1.44. The van der Waals surface area contributed by atoms with E-state index in [0.717, 1.165) is 32.2 Å². The fourth-order valence-electron chi connectivity index (χ4n) is 4.31. The van der Waals surface area contributed by atoms with Crippen molar-refractivity contribution in [1.29, 1.82) is 0 Å². The number of rotatable bonds is 5. The van der Waals surface area contributed by atoms with Crippen LogP contribution < -0.4 is 5.32 Å². The van der Waals surface area contributed by atoms with Crippen LogP contribution in [-0.4, -0.2) is 89.3 Å². The number of likely N-dealkylation sites (tertiary alicyclic amines) is 1. The van der Waals surface area contributed by atoms with E-state index in [1.54, 1.807) is 0 Å². The largest absolute Gasteiger partial charge is 0.392 e. The molecule has 0 aromatic carbocycles. The Kier molecular flexibility index (Phi) is 6.00. The lowest BCUT2D eigenvalue weighted by Crippen LogP contribution is -2.58. The summed E-state index contributed by atoms with van der Waals surface area (Å²) < 4.78 is 0. The third kappa shape index (κ3) is 4.61. The molecule has 2 heterocycles. The maximum Gasteiger partial charge on any atom is 0.317 e. The fraction of sp³-hybridized carbons (Fsp3) is 0.944. The average molecular weight is 338 g/mol. The quantitative estimate of drug-likeness (QED) is 0.788. The van der Waals surface area contributed by atoms with E-state index in [1.165, 1.54) is 38.6 Å². The smallest absolute Gasteiger partial charge is 0.317 e. The summed E-state index contributed by atoms with van der Waals surface area (Å²) in [6, 6.07) is 1.60. The molecule has 3 rings (SSSR count). The topological polar surface area (TPSA) is 59.1 Å². The highest BCUT2D eigenvalue weighted by Gasteiger charge is 2.35. The minimum absolute atomic E-state index is 0.0838. The second-order valence-corrected chi connectivity index (χ2v) is 7.96. The number of hydrogen-bond donors (Lipinski definition) is 2. The van der Waals surface area contributed by atoms with Crippen molar-refractivity contribution in [3.05, 3.63) is 0 Å². The van der Waals surface area contributed by atoms with Gasteiger partial charge < -0.3 is 15.3 Å². The van der Waals surface area contributed by atoms with Gasteiger partial charge in [-0.25, -0.2) is 4.79 Å². The van der Waals surface area contributed by atoms with Crippen LogP contribution in [0.2, 0.25) is 0 Å². The molecular weight excluding hydrogens is 304 g/mol. The standard InChI is InChI=1S/C18H34N4O2/c1-14-12-20(13-15(2)23)9-10-21(14)18(24)19-11-17-5-3-4-8-22(17)16-6-7-16/h14-17,23H,3-13H2,1-2H3,(H,19,24). The Labute approximate surface area is 146 Å². The summed E-state index contributed by atoms with van der Waals surface area (Å²) in [7, 11) is 0. The Morgan fingerprint density at radius 3 is 2.67 bits per heavy atom. The highest BCUT2D eigenvalue weighted by molar-refractivity contribution is 5.74. The predicted octanol–water partition coefficient (Wildman–Crippen LogP) is 1.10. The van der Waals surface area contributed by atoms with Gasteiger partial charge in [-0.3, -0.25) is 9.80 Å². The molecule has 138 valence electrons. The van der Waals surface area contributed by atoms with Crippen LogP contribution in [-0.2, 0) is 0 Å². The first-order valence-corrected chi connectivity index (χ1v) is 9.75. The summed E-state index contributed by atoms with van der Waals surface area (Å²) >= 11 is 0. The Hall–Kier alpha value is -0.850. The van der Waals surface area contributed by atoms with E-state index in [9.17, 15) is 9.90 Å². The van der Waals surface area contributed by atoms with Crippen LogP contribution in [0.25, 0.3) is 0 Å². The maximum absolute atomic E-state index is 12.6. The Morgan fingerprint density at radius 2 is 2.00 bits per heavy atom. The van der Waals surface area contributed by atoms with E-state index in [0.29, 0.717) is 12.6 Å². The molecule has 3 fully saturated rings. The van der Waals surface area contributed by atoms with E-state index >= 15 is 0 Å². The van der Waals surface area contributed by atoms with Gasteiger partial charge in [0.1, 0.15) is 0 Å². The number of β-amino-alcohol motifs (C(OH)–C–C–N with tert-alkyl or cyclic N) is 1. The SMILES string of the molecule is CC(O)CN1CCN(C(=O)NCC2CCCCN2C2CC2)C(C)C1. The minimum Gasteiger partial charge on any atom is -0.392 e. The lowest BCUT2D eigenvalue weighted by Gasteiger charge is -2.41. The molecule has 3 unspecified atom stereocenters. The number of nitrogens with zero attached hydrogens (tertiary/aromatic N) is 3. The number of nitrogens with one attached hydrogen (secondary N) is 1. The normalized spacial score (nSPS) is 31.0. The van der Waals surface area contributed by atoms with Gasteiger partial charge in [0.05, 0.1) is 6.10 Å². The van der Waals surface area contributed by atoms with Crippen LogP contribution in [0.3, 0.4) is 0 Å². The highest BCUT2D eigenvalue weighted by Crippen LogP contribution is 2.32. The van der Waals surface area contributed by atoms with Gasteiger partial charge in [-0.1, -0.05) is 6.42 Å². The third-order valence-corrected chi connectivity index (χ3v) is 5.67. The van der Waals surface area contributed by atoms with Crippen molar-refractivity contribution in [1.82, 2.24) is 20.0 Å². The number of urea groups is 1. The van der Waals surface area contributed by atoms with Crippen molar-refractivity contribution in [2.45, 2.75) is 70.2 Å². The Bertz CT molecular complexity index is 427. The second-order valence-electron chi connectivity index (χ2n) is 7.96. The van der Waals surface area contributed by atoms with Crippen LogP contribution in [0.5, 0.6) is 0 Å². The molecule has 0 radical (unpaired) electrons. The van der Waals surface area contributed by atoms with Crippen molar-refractivity contribution in [2.24, 2.45) is 0 Å². The number of amides is 2. The van der Waals surface area contributed by atoms with Crippen molar-refractivity contribution in [3.8, 4) is 0 Å². The van der Waals surface area contributed by atoms with Crippen molar-refractivity contribution in [3.63, 3.8) is 0 Å². The van der Waals surface area contributed by atoms with Gasteiger partial charge in [-0.15, -0.1) is 0 Å². The van der Waals surface area contributed by atoms with Crippen LogP contribution in [0, 0.1) is 0 Å². The minimum atomic E-state index is -0.308. The molecule has 3 aliphatic rings. The zero-order valence-corrected chi connectivity index (χ0v) is 15.3. The molecule has 2 aliphatic heterocycles. The van der Waals surface area contributed by atoms with Gasteiger partial charge in [0.15, 0.2) is 0 Å². The predicted molar refractivity (Wildman–Crippen MR) is 95.1 cm³/mol. The molecule has 0 bridgehead atoms. The zero-order valence-electron chi connectivity index (χ0n) is 15.3. The summed E-state index contributed by atoms with van der Waals surface area (Å²) in [5, 5.41) is 12.7. The first-order chi connectivity index (χ1) is 11.5. The molecule has 0 aromatic rings. The first kappa shape index (κ1) is 18.0. The van der Waals surface area contributed by atoms with E-state index < -0.39 is 0 Å². The van der Waals surface area contributed by atoms with Crippen molar-refractivity contribution < 1.29 is 9.90 Å². The molecule has 0 spiro atoms. The molecular formula is C18H34N4O2. The second kappa shape index (κ2) is 8.02. The first-order valence-electron chi connectivity index (χ1n) is 9.75. The molecule has 2 N–H and O–H groups in total. The van der Waals surface area contributed by atoms with Gasteiger partial charge in [0, 0.05) is 50.8 Å². The molecule has 24 heavy (non-hydrogen) atoms. The number of piperazine rings is 1. The van der Waals surface area contributed by atoms with Crippen molar-refractivity contribution >= 4 is 6.03 Å². The maximum atomic E-state index is 12.6. The van der Waals surface area contributed by atoms with E-state index in [-0.39, 0.29) is 18.2 Å². The van der Waals surface area contributed by atoms with Crippen molar-refractivity contribution in [2.75, 3.05) is 39.3 Å². The van der Waals surface area contributed by atoms with Crippen LogP contribution >= 0.6 is 0 Å². The summed E-state index contributed by atoms with van der Waals surface area (Å²) in [5.41, 5.74) is 0. The van der Waals surface area contributed by atoms with Gasteiger partial charge in [0.2, 0.25) is 0 Å². The number of aliphatic hydroxyl groups is 1. The van der Waals surface area contributed by atoms with E-state index in [4.69, 9.17) is 0 Å². The van der Waals surface area contributed by atoms with Gasteiger partial charge in [-0.05, 0) is 46.1 Å². The number of carbonyl (C=O) groups is 1. The zero-order chi connectivity index (χ0) is 17.1. The summed E-state index contributed by atoms with van der Waals surface area (Å²) in [6.45, 7) is 9.05. The molecule has 1 saturated carbocycles. The lowest BCUT2D eigenvalue weighted by molar-refractivity contribution is 0.0645. The van der Waals surface area contributed by atoms with E-state index in [1.807, 2.05) is 11.8 Å². The fourth-order valence-corrected chi connectivity index (χ4v) is 4.31. The summed E-state index contributed by atoms with van der Waals surface area (Å²) in [6.07, 6.45) is 6.19. The van der Waals surface area contributed by atoms with Gasteiger partial charge in [-0.2, -0.15) is 0 Å². The molecule has 0 aromatic heterocycles. The van der Waals surface area contributed by atoms with E-state index in [2.05, 4.69) is 22.0 Å². The molecule has 6 nitrogen and oxygen atoms in total. The van der Waals surface area contributed by atoms with Crippen LogP contribution in [0.1, 0.15) is 46.0 Å². The molecule has 2 saturated heterocycles. The van der Waals surface area contributed by atoms with Gasteiger partial charge in [0.25, 0.3) is 0 Å².